The SMILES string of the molecule is CCc1ccc(S(=O)(=O)N2CCC(N(SC3=CCCC=C3Cl)c3cc(C)ccn3)CC2)cc1. The van der Waals surface area contributed by atoms with Crippen LogP contribution in [0.4, 0.5) is 5.82 Å². The molecule has 0 radical (unpaired) electrons. The number of allylic oxidation sites excluding steroid dienone is 3. The Hall–Kier alpha value is -1.80. The first kappa shape index (κ1) is 24.3. The average Bonchev–Trinajstić information content (AvgIpc) is 2.83. The highest BCUT2D eigenvalue weighted by molar-refractivity contribution is 8.04. The van der Waals surface area contributed by atoms with Gasteiger partial charge in [0.15, 0.2) is 0 Å². The van der Waals surface area contributed by atoms with Crippen LogP contribution in [0.25, 0.3) is 0 Å². The van der Waals surface area contributed by atoms with Gasteiger partial charge in [0, 0.05) is 30.2 Å². The van der Waals surface area contributed by atoms with E-state index in [1.165, 1.54) is 0 Å². The maximum atomic E-state index is 13.2. The third-order valence-corrected chi connectivity index (χ3v) is 9.75. The molecule has 5 nitrogen and oxygen atoms in total. The summed E-state index contributed by atoms with van der Waals surface area (Å²) in [5.74, 6) is 0.882. The molecule has 0 atom stereocenters. The fourth-order valence-corrected chi connectivity index (χ4v) is 7.01. The highest BCUT2D eigenvalue weighted by atomic mass is 35.5. The normalized spacial score (nSPS) is 18.0. The van der Waals surface area contributed by atoms with Gasteiger partial charge >= 0.3 is 0 Å². The molecule has 1 aromatic carbocycles. The second-order valence-corrected chi connectivity index (χ2v) is 11.8. The minimum absolute atomic E-state index is 0.158. The molecule has 33 heavy (non-hydrogen) atoms. The molecular weight excluding hydrogens is 474 g/mol. The Balaban J connectivity index is 1.51. The molecule has 176 valence electrons. The van der Waals surface area contributed by atoms with Gasteiger partial charge in [0.05, 0.1) is 9.93 Å². The number of benzene rings is 1. The smallest absolute Gasteiger partial charge is 0.243 e. The molecule has 8 heteroatoms. The highest BCUT2D eigenvalue weighted by Crippen LogP contribution is 2.39. The fraction of sp³-hybridized carbons (Fsp3) is 0.400. The standard InChI is InChI=1S/C25H30ClN3O2S2/c1-3-20-8-10-22(11-9-20)33(30,31)28-16-13-21(14-17-28)29(25-18-19(2)12-15-27-25)32-24-7-5-4-6-23(24)26/h6-12,15,18,21H,3-5,13-14,16-17H2,1-2H3. The Morgan fingerprint density at radius 1 is 1.12 bits per heavy atom. The van der Waals surface area contributed by atoms with Crippen molar-refractivity contribution in [3.63, 3.8) is 0 Å². The predicted molar refractivity (Wildman–Crippen MR) is 138 cm³/mol. The van der Waals surface area contributed by atoms with Crippen LogP contribution < -0.4 is 4.31 Å². The summed E-state index contributed by atoms with van der Waals surface area (Å²) in [5.41, 5.74) is 2.27. The molecule has 0 bridgehead atoms. The molecule has 1 aromatic heterocycles. The Bertz CT molecular complexity index is 1140. The number of hydrogen-bond acceptors (Lipinski definition) is 5. The lowest BCUT2D eigenvalue weighted by molar-refractivity contribution is 0.322. The predicted octanol–water partition coefficient (Wildman–Crippen LogP) is 6.06. The second-order valence-electron chi connectivity index (χ2n) is 8.44. The lowest BCUT2D eigenvalue weighted by Gasteiger charge is -2.38. The van der Waals surface area contributed by atoms with Gasteiger partial charge < -0.3 is 0 Å². The number of pyridine rings is 1. The van der Waals surface area contributed by atoms with Crippen LogP contribution in [-0.4, -0.2) is 36.8 Å². The number of rotatable bonds is 7. The van der Waals surface area contributed by atoms with Crippen molar-refractivity contribution in [1.29, 1.82) is 0 Å². The Labute approximate surface area is 206 Å². The number of halogens is 1. The number of sulfonamides is 1. The minimum Gasteiger partial charge on any atom is -0.293 e. The van der Waals surface area contributed by atoms with E-state index in [4.69, 9.17) is 11.6 Å². The van der Waals surface area contributed by atoms with Gasteiger partial charge in [-0.3, -0.25) is 4.31 Å². The fourth-order valence-electron chi connectivity index (χ4n) is 4.12. The Morgan fingerprint density at radius 2 is 1.82 bits per heavy atom. The molecule has 4 rings (SSSR count). The zero-order chi connectivity index (χ0) is 23.4. The summed E-state index contributed by atoms with van der Waals surface area (Å²) in [6, 6.07) is 11.5. The summed E-state index contributed by atoms with van der Waals surface area (Å²) < 4.78 is 30.2. The van der Waals surface area contributed by atoms with Crippen LogP contribution in [-0.2, 0) is 16.4 Å². The first-order chi connectivity index (χ1) is 15.9. The molecule has 1 aliphatic carbocycles. The number of nitrogens with zero attached hydrogens (tertiary/aromatic N) is 3. The van der Waals surface area contributed by atoms with Gasteiger partial charge in [-0.1, -0.05) is 42.8 Å². The van der Waals surface area contributed by atoms with Crippen molar-refractivity contribution in [3.05, 3.63) is 75.8 Å². The van der Waals surface area contributed by atoms with Crippen LogP contribution in [0.3, 0.4) is 0 Å². The van der Waals surface area contributed by atoms with E-state index in [9.17, 15) is 8.42 Å². The zero-order valence-electron chi connectivity index (χ0n) is 19.1. The summed E-state index contributed by atoms with van der Waals surface area (Å²) >= 11 is 8.11. The summed E-state index contributed by atoms with van der Waals surface area (Å²) in [4.78, 5) is 6.03. The van der Waals surface area contributed by atoms with Crippen molar-refractivity contribution >= 4 is 39.4 Å². The highest BCUT2D eigenvalue weighted by Gasteiger charge is 2.33. The number of hydrogen-bond donors (Lipinski definition) is 0. The lowest BCUT2D eigenvalue weighted by atomic mass is 10.1. The first-order valence-corrected chi connectivity index (χ1v) is 14.0. The molecule has 2 heterocycles. The molecule has 2 aliphatic rings. The number of anilines is 1. The summed E-state index contributed by atoms with van der Waals surface area (Å²) in [6.07, 6.45) is 10.3. The van der Waals surface area contributed by atoms with Crippen LogP contribution in [0.5, 0.6) is 0 Å². The van der Waals surface area contributed by atoms with Gasteiger partial charge in [-0.25, -0.2) is 13.4 Å². The van der Waals surface area contributed by atoms with E-state index in [0.717, 1.165) is 59.0 Å². The minimum atomic E-state index is -3.49. The molecule has 0 spiro atoms. The van der Waals surface area contributed by atoms with Gasteiger partial charge in [0.25, 0.3) is 0 Å². The summed E-state index contributed by atoms with van der Waals surface area (Å²) in [5, 5.41) is 0.777. The van der Waals surface area contributed by atoms with Crippen LogP contribution in [0.1, 0.15) is 43.7 Å². The van der Waals surface area contributed by atoms with E-state index in [1.807, 2.05) is 24.4 Å². The van der Waals surface area contributed by atoms with E-state index in [2.05, 4.69) is 41.4 Å². The van der Waals surface area contributed by atoms with Crippen LogP contribution in [0, 0.1) is 6.92 Å². The van der Waals surface area contributed by atoms with E-state index in [-0.39, 0.29) is 6.04 Å². The molecule has 1 aliphatic heterocycles. The lowest BCUT2D eigenvalue weighted by Crippen LogP contribution is -2.45. The second kappa shape index (κ2) is 10.6. The quantitative estimate of drug-likeness (QED) is 0.430. The molecular formula is C25H30ClN3O2S2. The van der Waals surface area contributed by atoms with Gasteiger partial charge in [-0.15, -0.1) is 0 Å². The molecule has 1 saturated heterocycles. The third-order valence-electron chi connectivity index (χ3n) is 6.10. The molecule has 2 aromatic rings. The molecule has 0 saturated carbocycles. The maximum Gasteiger partial charge on any atom is 0.243 e. The van der Waals surface area contributed by atoms with Crippen molar-refractivity contribution < 1.29 is 8.42 Å². The maximum absolute atomic E-state index is 13.2. The van der Waals surface area contributed by atoms with E-state index in [0.29, 0.717) is 18.0 Å². The van der Waals surface area contributed by atoms with E-state index < -0.39 is 10.0 Å². The van der Waals surface area contributed by atoms with Gasteiger partial charge in [0.1, 0.15) is 5.82 Å². The van der Waals surface area contributed by atoms with Crippen molar-refractivity contribution in [3.8, 4) is 0 Å². The number of piperidine rings is 1. The van der Waals surface area contributed by atoms with Crippen LogP contribution >= 0.6 is 23.5 Å². The molecule has 1 fully saturated rings. The van der Waals surface area contributed by atoms with Gasteiger partial charge in [-0.05, 0) is 86.4 Å². The Morgan fingerprint density at radius 3 is 2.45 bits per heavy atom. The number of aryl methyl sites for hydroxylation is 2. The van der Waals surface area contributed by atoms with Crippen LogP contribution in [0.15, 0.2) is 69.6 Å². The molecule has 0 unspecified atom stereocenters. The van der Waals surface area contributed by atoms with Gasteiger partial charge in [0.2, 0.25) is 10.0 Å². The van der Waals surface area contributed by atoms with Crippen molar-refractivity contribution in [1.82, 2.24) is 9.29 Å². The van der Waals surface area contributed by atoms with E-state index >= 15 is 0 Å². The average molecular weight is 504 g/mol. The largest absolute Gasteiger partial charge is 0.293 e. The van der Waals surface area contributed by atoms with Crippen molar-refractivity contribution in [2.75, 3.05) is 17.4 Å². The molecule has 0 amide bonds. The van der Waals surface area contributed by atoms with E-state index in [1.54, 1.807) is 28.4 Å². The van der Waals surface area contributed by atoms with Crippen molar-refractivity contribution in [2.45, 2.75) is 56.9 Å². The first-order valence-electron chi connectivity index (χ1n) is 11.4. The summed E-state index contributed by atoms with van der Waals surface area (Å²) in [6.45, 7) is 5.08. The summed E-state index contributed by atoms with van der Waals surface area (Å²) in [7, 11) is -3.49. The molecule has 0 N–H and O–H groups in total. The monoisotopic (exact) mass is 503 g/mol. The third kappa shape index (κ3) is 5.65. The topological polar surface area (TPSA) is 53.5 Å². The number of aromatic nitrogens is 1. The Kier molecular flexibility index (Phi) is 7.84. The van der Waals surface area contributed by atoms with Crippen molar-refractivity contribution in [2.24, 2.45) is 0 Å². The van der Waals surface area contributed by atoms with Gasteiger partial charge in [-0.2, -0.15) is 4.31 Å². The van der Waals surface area contributed by atoms with Crippen LogP contribution in [0.2, 0.25) is 0 Å². The zero-order valence-corrected chi connectivity index (χ0v) is 21.5.